The second-order valence-corrected chi connectivity index (χ2v) is 5.09. The fraction of sp³-hybridized carbons (Fsp3) is 0.143. The monoisotopic (exact) mass is 344 g/mol. The molecule has 2 aromatic carbocycles. The maximum absolute atomic E-state index is 6.11. The third kappa shape index (κ3) is 3.19. The lowest BCUT2D eigenvalue weighted by Crippen LogP contribution is -1.98. The molecule has 0 aliphatic carbocycles. The summed E-state index contributed by atoms with van der Waals surface area (Å²) in [7, 11) is 0. The minimum absolute atomic E-state index is 0.406. The Balaban J connectivity index is 2.14. The van der Waals surface area contributed by atoms with E-state index >= 15 is 0 Å². The number of halogens is 3. The minimum Gasteiger partial charge on any atom is -0.489 e. The zero-order valence-electron chi connectivity index (χ0n) is 9.50. The SMILES string of the molecule is Clc1cccc(COc2ccccc2CBr)c1Cl. The normalized spacial score (nSPS) is 10.4. The highest BCUT2D eigenvalue weighted by atomic mass is 79.9. The predicted molar refractivity (Wildman–Crippen MR) is 79.9 cm³/mol. The van der Waals surface area contributed by atoms with E-state index in [0.717, 1.165) is 22.2 Å². The average Bonchev–Trinajstić information content (AvgIpc) is 2.41. The molecule has 0 radical (unpaired) electrons. The summed E-state index contributed by atoms with van der Waals surface area (Å²) in [5.41, 5.74) is 1.99. The molecule has 4 heteroatoms. The van der Waals surface area contributed by atoms with Gasteiger partial charge in [0.15, 0.2) is 0 Å². The first kappa shape index (κ1) is 13.7. The molecule has 0 aliphatic rings. The van der Waals surface area contributed by atoms with Gasteiger partial charge in [-0.25, -0.2) is 0 Å². The molecule has 2 rings (SSSR count). The van der Waals surface area contributed by atoms with E-state index < -0.39 is 0 Å². The van der Waals surface area contributed by atoms with Crippen LogP contribution < -0.4 is 4.74 Å². The third-order valence-electron chi connectivity index (χ3n) is 2.53. The molecule has 0 atom stereocenters. The van der Waals surface area contributed by atoms with Crippen molar-refractivity contribution in [3.05, 3.63) is 63.6 Å². The van der Waals surface area contributed by atoms with Gasteiger partial charge in [-0.05, 0) is 12.1 Å². The highest BCUT2D eigenvalue weighted by molar-refractivity contribution is 9.08. The summed E-state index contributed by atoms with van der Waals surface area (Å²) < 4.78 is 5.78. The molecule has 0 aliphatic heterocycles. The van der Waals surface area contributed by atoms with Gasteiger partial charge in [0.05, 0.1) is 10.0 Å². The van der Waals surface area contributed by atoms with Gasteiger partial charge in [-0.2, -0.15) is 0 Å². The molecule has 0 saturated carbocycles. The zero-order valence-corrected chi connectivity index (χ0v) is 12.6. The van der Waals surface area contributed by atoms with Gasteiger partial charge in [0.25, 0.3) is 0 Å². The Bertz CT molecular complexity index is 543. The highest BCUT2D eigenvalue weighted by Gasteiger charge is 2.06. The molecule has 0 spiro atoms. The van der Waals surface area contributed by atoms with Crippen LogP contribution in [0.5, 0.6) is 5.75 Å². The van der Waals surface area contributed by atoms with Crippen LogP contribution in [0, 0.1) is 0 Å². The predicted octanol–water partition coefficient (Wildman–Crippen LogP) is 5.47. The molecule has 0 amide bonds. The van der Waals surface area contributed by atoms with Gasteiger partial charge in [-0.1, -0.05) is 69.5 Å². The summed E-state index contributed by atoms with van der Waals surface area (Å²) in [4.78, 5) is 0. The van der Waals surface area contributed by atoms with Crippen LogP contribution in [0.4, 0.5) is 0 Å². The number of benzene rings is 2. The molecule has 0 N–H and O–H groups in total. The zero-order chi connectivity index (χ0) is 13.0. The van der Waals surface area contributed by atoms with Crippen LogP contribution in [-0.2, 0) is 11.9 Å². The topological polar surface area (TPSA) is 9.23 Å². The first-order valence-electron chi connectivity index (χ1n) is 5.42. The number of rotatable bonds is 4. The summed E-state index contributed by atoms with van der Waals surface area (Å²) in [6, 6.07) is 13.4. The molecule has 0 unspecified atom stereocenters. The van der Waals surface area contributed by atoms with E-state index in [4.69, 9.17) is 27.9 Å². The van der Waals surface area contributed by atoms with Crippen LogP contribution in [0.3, 0.4) is 0 Å². The Kier molecular flexibility index (Phi) is 4.93. The molecule has 94 valence electrons. The minimum atomic E-state index is 0.406. The lowest BCUT2D eigenvalue weighted by molar-refractivity contribution is 0.304. The van der Waals surface area contributed by atoms with Crippen molar-refractivity contribution in [1.29, 1.82) is 0 Å². The number of hydrogen-bond acceptors (Lipinski definition) is 1. The van der Waals surface area contributed by atoms with Crippen LogP contribution in [-0.4, -0.2) is 0 Å². The van der Waals surface area contributed by atoms with Gasteiger partial charge < -0.3 is 4.74 Å². The lowest BCUT2D eigenvalue weighted by atomic mass is 10.2. The van der Waals surface area contributed by atoms with Crippen molar-refractivity contribution in [2.24, 2.45) is 0 Å². The molecule has 0 heterocycles. The maximum Gasteiger partial charge on any atom is 0.123 e. The van der Waals surface area contributed by atoms with Gasteiger partial charge in [0.2, 0.25) is 0 Å². The van der Waals surface area contributed by atoms with E-state index in [9.17, 15) is 0 Å². The van der Waals surface area contributed by atoms with E-state index in [2.05, 4.69) is 15.9 Å². The summed E-state index contributed by atoms with van der Waals surface area (Å²) in [6.45, 7) is 0.406. The van der Waals surface area contributed by atoms with Crippen molar-refractivity contribution in [2.75, 3.05) is 0 Å². The van der Waals surface area contributed by atoms with Crippen LogP contribution in [0.15, 0.2) is 42.5 Å². The fourth-order valence-electron chi connectivity index (χ4n) is 1.57. The second-order valence-electron chi connectivity index (χ2n) is 3.74. The average molecular weight is 346 g/mol. The number of para-hydroxylation sites is 1. The number of ether oxygens (including phenoxy) is 1. The van der Waals surface area contributed by atoms with Gasteiger partial charge in [0, 0.05) is 16.5 Å². The Labute approximate surface area is 125 Å². The molecule has 0 bridgehead atoms. The van der Waals surface area contributed by atoms with Crippen molar-refractivity contribution in [1.82, 2.24) is 0 Å². The van der Waals surface area contributed by atoms with Crippen molar-refractivity contribution in [3.8, 4) is 5.75 Å². The van der Waals surface area contributed by atoms with Crippen molar-refractivity contribution in [2.45, 2.75) is 11.9 Å². The van der Waals surface area contributed by atoms with E-state index in [1.54, 1.807) is 6.07 Å². The standard InChI is InChI=1S/C14H11BrCl2O/c15-8-10-4-1-2-7-13(10)18-9-11-5-3-6-12(16)14(11)17/h1-7H,8-9H2. The molecule has 1 nitrogen and oxygen atoms in total. The van der Waals surface area contributed by atoms with E-state index in [1.807, 2.05) is 36.4 Å². The van der Waals surface area contributed by atoms with Crippen LogP contribution in [0.25, 0.3) is 0 Å². The quantitative estimate of drug-likeness (QED) is 0.668. The molecule has 0 saturated heterocycles. The third-order valence-corrected chi connectivity index (χ3v) is 3.99. The van der Waals surface area contributed by atoms with Crippen molar-refractivity contribution < 1.29 is 4.74 Å². The summed E-state index contributed by atoms with van der Waals surface area (Å²) in [6.07, 6.45) is 0. The molecule has 0 fully saturated rings. The van der Waals surface area contributed by atoms with Gasteiger partial charge in [-0.15, -0.1) is 0 Å². The van der Waals surface area contributed by atoms with Gasteiger partial charge in [-0.3, -0.25) is 0 Å². The summed E-state index contributed by atoms with van der Waals surface area (Å²) in [5, 5.41) is 1.86. The second kappa shape index (κ2) is 6.46. The Hall–Kier alpha value is -0.700. The largest absolute Gasteiger partial charge is 0.489 e. The van der Waals surface area contributed by atoms with E-state index in [1.165, 1.54) is 0 Å². The van der Waals surface area contributed by atoms with Crippen molar-refractivity contribution >= 4 is 39.1 Å². The first-order valence-corrected chi connectivity index (χ1v) is 7.29. The first-order chi connectivity index (χ1) is 8.72. The number of alkyl halides is 1. The van der Waals surface area contributed by atoms with Gasteiger partial charge >= 0.3 is 0 Å². The Morgan fingerprint density at radius 1 is 0.944 bits per heavy atom. The van der Waals surface area contributed by atoms with E-state index in [0.29, 0.717) is 16.7 Å². The molecule has 2 aromatic rings. The molecular weight excluding hydrogens is 335 g/mol. The van der Waals surface area contributed by atoms with Crippen LogP contribution in [0.2, 0.25) is 10.0 Å². The van der Waals surface area contributed by atoms with Crippen molar-refractivity contribution in [3.63, 3.8) is 0 Å². The Morgan fingerprint density at radius 3 is 2.44 bits per heavy atom. The highest BCUT2D eigenvalue weighted by Crippen LogP contribution is 2.27. The van der Waals surface area contributed by atoms with Gasteiger partial charge in [0.1, 0.15) is 12.4 Å². The van der Waals surface area contributed by atoms with Crippen LogP contribution >= 0.6 is 39.1 Å². The molecule has 0 aromatic heterocycles. The number of hydrogen-bond donors (Lipinski definition) is 0. The lowest BCUT2D eigenvalue weighted by Gasteiger charge is -2.11. The summed E-state index contributed by atoms with van der Waals surface area (Å²) in [5.74, 6) is 0.852. The van der Waals surface area contributed by atoms with Crippen LogP contribution in [0.1, 0.15) is 11.1 Å². The fourth-order valence-corrected chi connectivity index (χ4v) is 2.41. The smallest absolute Gasteiger partial charge is 0.123 e. The molecular formula is C14H11BrCl2O. The maximum atomic E-state index is 6.11. The van der Waals surface area contributed by atoms with E-state index in [-0.39, 0.29) is 0 Å². The summed E-state index contributed by atoms with van der Waals surface area (Å²) >= 11 is 15.5. The molecule has 18 heavy (non-hydrogen) atoms. The Morgan fingerprint density at radius 2 is 1.67 bits per heavy atom.